The molecule has 0 amide bonds. The number of halogens is 1. The quantitative estimate of drug-likeness (QED) is 0.861. The van der Waals surface area contributed by atoms with Crippen LogP contribution in [0.5, 0.6) is 0 Å². The molecule has 0 saturated heterocycles. The summed E-state index contributed by atoms with van der Waals surface area (Å²) in [4.78, 5) is 0. The molecule has 0 radical (unpaired) electrons. The Balaban J connectivity index is 2.29. The van der Waals surface area contributed by atoms with Crippen molar-refractivity contribution in [1.29, 1.82) is 0 Å². The maximum atomic E-state index is 13.9. The highest BCUT2D eigenvalue weighted by molar-refractivity contribution is 5.65. The van der Waals surface area contributed by atoms with Gasteiger partial charge in [0.1, 0.15) is 5.82 Å². The minimum absolute atomic E-state index is 0.167. The molecule has 2 rings (SSSR count). The zero-order chi connectivity index (χ0) is 13.8. The third-order valence-electron chi connectivity index (χ3n) is 3.07. The van der Waals surface area contributed by atoms with Crippen molar-refractivity contribution in [3.8, 4) is 11.1 Å². The Kier molecular flexibility index (Phi) is 4.33. The fourth-order valence-electron chi connectivity index (χ4n) is 2.03. The summed E-state index contributed by atoms with van der Waals surface area (Å²) < 4.78 is 13.9. The monoisotopic (exact) mass is 257 g/mol. The number of hydrogen-bond donors (Lipinski definition) is 1. The van der Waals surface area contributed by atoms with Crippen LogP contribution in [-0.2, 0) is 6.54 Å². The van der Waals surface area contributed by atoms with Gasteiger partial charge in [0.05, 0.1) is 0 Å². The van der Waals surface area contributed by atoms with Crippen LogP contribution in [0.1, 0.15) is 25.0 Å². The molecular formula is C17H20FN. The first-order valence-electron chi connectivity index (χ1n) is 6.65. The average molecular weight is 257 g/mol. The Morgan fingerprint density at radius 1 is 1.11 bits per heavy atom. The summed E-state index contributed by atoms with van der Waals surface area (Å²) in [6, 6.07) is 13.7. The van der Waals surface area contributed by atoms with Crippen LogP contribution in [0.15, 0.2) is 42.5 Å². The van der Waals surface area contributed by atoms with Gasteiger partial charge < -0.3 is 5.32 Å². The van der Waals surface area contributed by atoms with Crippen LogP contribution >= 0.6 is 0 Å². The molecule has 0 bridgehead atoms. The van der Waals surface area contributed by atoms with Gasteiger partial charge in [-0.2, -0.15) is 0 Å². The van der Waals surface area contributed by atoms with Crippen molar-refractivity contribution in [2.45, 2.75) is 33.4 Å². The molecule has 0 saturated carbocycles. The van der Waals surface area contributed by atoms with E-state index in [4.69, 9.17) is 0 Å². The minimum atomic E-state index is -0.167. The lowest BCUT2D eigenvalue weighted by Gasteiger charge is -2.10. The second kappa shape index (κ2) is 5.98. The smallest absolute Gasteiger partial charge is 0.131 e. The lowest BCUT2D eigenvalue weighted by molar-refractivity contribution is 0.589. The summed E-state index contributed by atoms with van der Waals surface area (Å²) in [5.41, 5.74) is 3.85. The second-order valence-corrected chi connectivity index (χ2v) is 5.22. The lowest BCUT2D eigenvalue weighted by Crippen LogP contribution is -2.21. The van der Waals surface area contributed by atoms with E-state index >= 15 is 0 Å². The van der Waals surface area contributed by atoms with Crippen molar-refractivity contribution in [2.75, 3.05) is 0 Å². The van der Waals surface area contributed by atoms with Crippen LogP contribution in [0.3, 0.4) is 0 Å². The van der Waals surface area contributed by atoms with Gasteiger partial charge in [0.2, 0.25) is 0 Å². The maximum absolute atomic E-state index is 13.9. The van der Waals surface area contributed by atoms with E-state index in [1.807, 2.05) is 31.2 Å². The highest BCUT2D eigenvalue weighted by Crippen LogP contribution is 2.24. The van der Waals surface area contributed by atoms with Crippen molar-refractivity contribution < 1.29 is 4.39 Å². The van der Waals surface area contributed by atoms with Gasteiger partial charge >= 0.3 is 0 Å². The zero-order valence-electron chi connectivity index (χ0n) is 11.7. The van der Waals surface area contributed by atoms with E-state index in [-0.39, 0.29) is 5.82 Å². The molecule has 0 aromatic heterocycles. The maximum Gasteiger partial charge on any atom is 0.131 e. The van der Waals surface area contributed by atoms with Gasteiger partial charge in [-0.15, -0.1) is 0 Å². The van der Waals surface area contributed by atoms with Gasteiger partial charge in [-0.05, 0) is 36.2 Å². The fourth-order valence-corrected chi connectivity index (χ4v) is 2.03. The third-order valence-corrected chi connectivity index (χ3v) is 3.07. The summed E-state index contributed by atoms with van der Waals surface area (Å²) >= 11 is 0. The van der Waals surface area contributed by atoms with Crippen molar-refractivity contribution >= 4 is 0 Å². The van der Waals surface area contributed by atoms with Crippen molar-refractivity contribution in [3.05, 3.63) is 59.4 Å². The predicted octanol–water partition coefficient (Wildman–Crippen LogP) is 4.30. The van der Waals surface area contributed by atoms with Crippen LogP contribution in [0.4, 0.5) is 4.39 Å². The van der Waals surface area contributed by atoms with Gasteiger partial charge in [-0.3, -0.25) is 0 Å². The van der Waals surface area contributed by atoms with Crippen molar-refractivity contribution in [1.82, 2.24) is 5.32 Å². The SMILES string of the molecule is Cc1ccc(F)c(-c2cccc(CNC(C)C)c2)c1. The number of hydrogen-bond acceptors (Lipinski definition) is 1. The fraction of sp³-hybridized carbons (Fsp3) is 0.294. The van der Waals surface area contributed by atoms with Gasteiger partial charge in [0.25, 0.3) is 0 Å². The molecule has 0 spiro atoms. The van der Waals surface area contributed by atoms with Crippen LogP contribution in [0, 0.1) is 12.7 Å². The summed E-state index contributed by atoms with van der Waals surface area (Å²) in [6.45, 7) is 7.01. The summed E-state index contributed by atoms with van der Waals surface area (Å²) in [5.74, 6) is -0.167. The summed E-state index contributed by atoms with van der Waals surface area (Å²) in [6.07, 6.45) is 0. The van der Waals surface area contributed by atoms with Crippen LogP contribution in [0.25, 0.3) is 11.1 Å². The molecule has 2 aromatic rings. The molecule has 0 aliphatic carbocycles. The Labute approximate surface area is 114 Å². The molecule has 0 atom stereocenters. The van der Waals surface area contributed by atoms with E-state index in [2.05, 4.69) is 25.2 Å². The Bertz CT molecular complexity index is 561. The number of benzene rings is 2. The Morgan fingerprint density at radius 2 is 1.89 bits per heavy atom. The molecule has 0 aliphatic rings. The standard InChI is InChI=1S/C17H20FN/c1-12(2)19-11-14-5-4-6-15(10-14)16-9-13(3)7-8-17(16)18/h4-10,12,19H,11H2,1-3H3. The van der Waals surface area contributed by atoms with Crippen molar-refractivity contribution in [3.63, 3.8) is 0 Å². The molecule has 19 heavy (non-hydrogen) atoms. The largest absolute Gasteiger partial charge is 0.310 e. The number of aryl methyl sites for hydroxylation is 1. The highest BCUT2D eigenvalue weighted by Gasteiger charge is 2.06. The third kappa shape index (κ3) is 3.65. The predicted molar refractivity (Wildman–Crippen MR) is 78.5 cm³/mol. The zero-order valence-corrected chi connectivity index (χ0v) is 11.7. The van der Waals surface area contributed by atoms with Crippen LogP contribution in [0.2, 0.25) is 0 Å². The normalized spacial score (nSPS) is 11.0. The Hall–Kier alpha value is -1.67. The molecule has 0 heterocycles. The number of rotatable bonds is 4. The summed E-state index contributed by atoms with van der Waals surface area (Å²) in [7, 11) is 0. The molecule has 0 unspecified atom stereocenters. The van der Waals surface area contributed by atoms with Gasteiger partial charge in [0.15, 0.2) is 0 Å². The molecule has 1 N–H and O–H groups in total. The van der Waals surface area contributed by atoms with E-state index in [1.54, 1.807) is 6.07 Å². The Morgan fingerprint density at radius 3 is 2.63 bits per heavy atom. The van der Waals surface area contributed by atoms with E-state index < -0.39 is 0 Å². The van der Waals surface area contributed by atoms with E-state index in [0.717, 1.165) is 17.7 Å². The van der Waals surface area contributed by atoms with Crippen molar-refractivity contribution in [2.24, 2.45) is 0 Å². The molecular weight excluding hydrogens is 237 g/mol. The second-order valence-electron chi connectivity index (χ2n) is 5.22. The molecule has 2 heteroatoms. The molecule has 0 fully saturated rings. The number of nitrogens with one attached hydrogen (secondary N) is 1. The van der Waals surface area contributed by atoms with E-state index in [9.17, 15) is 4.39 Å². The first-order chi connectivity index (χ1) is 9.06. The van der Waals surface area contributed by atoms with E-state index in [1.165, 1.54) is 11.6 Å². The van der Waals surface area contributed by atoms with E-state index in [0.29, 0.717) is 11.6 Å². The molecule has 1 nitrogen and oxygen atoms in total. The first-order valence-corrected chi connectivity index (χ1v) is 6.65. The molecule has 0 aliphatic heterocycles. The average Bonchev–Trinajstić information content (AvgIpc) is 2.39. The highest BCUT2D eigenvalue weighted by atomic mass is 19.1. The molecule has 100 valence electrons. The van der Waals surface area contributed by atoms with Gasteiger partial charge in [-0.1, -0.05) is 43.7 Å². The summed E-state index contributed by atoms with van der Waals surface area (Å²) in [5, 5.41) is 3.37. The lowest BCUT2D eigenvalue weighted by atomic mass is 10.0. The van der Waals surface area contributed by atoms with Crippen LogP contribution < -0.4 is 5.32 Å². The first kappa shape index (κ1) is 13.8. The minimum Gasteiger partial charge on any atom is -0.310 e. The van der Waals surface area contributed by atoms with Gasteiger partial charge in [0, 0.05) is 18.2 Å². The topological polar surface area (TPSA) is 12.0 Å². The van der Waals surface area contributed by atoms with Crippen LogP contribution in [-0.4, -0.2) is 6.04 Å². The molecule has 2 aromatic carbocycles. The van der Waals surface area contributed by atoms with Gasteiger partial charge in [-0.25, -0.2) is 4.39 Å².